The molecule has 7 nitrogen and oxygen atoms in total. The second kappa shape index (κ2) is 9.12. The van der Waals surface area contributed by atoms with Crippen LogP contribution in [0.15, 0.2) is 47.0 Å². The number of amides is 1. The second-order valence-corrected chi connectivity index (χ2v) is 7.60. The molecule has 3 aromatic rings. The summed E-state index contributed by atoms with van der Waals surface area (Å²) in [6.07, 6.45) is 0.291. The van der Waals surface area contributed by atoms with Gasteiger partial charge in [-0.25, -0.2) is 0 Å². The lowest BCUT2D eigenvalue weighted by Crippen LogP contribution is -2.28. The minimum Gasteiger partial charge on any atom is -0.489 e. The van der Waals surface area contributed by atoms with Crippen molar-refractivity contribution in [2.75, 3.05) is 13.2 Å². The van der Waals surface area contributed by atoms with Crippen LogP contribution in [-0.4, -0.2) is 24.3 Å². The highest BCUT2D eigenvalue weighted by atomic mass is 16.6. The molecule has 0 saturated carbocycles. The third-order valence-corrected chi connectivity index (χ3v) is 5.30. The fourth-order valence-electron chi connectivity index (χ4n) is 3.46. The third-order valence-electron chi connectivity index (χ3n) is 5.30. The minimum atomic E-state index is -0.138. The summed E-state index contributed by atoms with van der Waals surface area (Å²) in [4.78, 5) is 12.5. The fraction of sp³-hybridized carbons (Fsp3) is 0.333. The molecule has 0 aliphatic carbocycles. The molecule has 1 aromatic heterocycles. The first-order chi connectivity index (χ1) is 15.0. The molecule has 0 fully saturated rings. The SMILES string of the molecule is Cc1noc(C)c1COc1ccc(CC(=O)N[C@@H](C)c2ccc3c(c2)OCCO3)cc1. The van der Waals surface area contributed by atoms with Crippen LogP contribution in [0.2, 0.25) is 0 Å². The van der Waals surface area contributed by atoms with Crippen LogP contribution in [0.1, 0.15) is 41.1 Å². The van der Waals surface area contributed by atoms with E-state index < -0.39 is 0 Å². The number of aryl methyl sites for hydroxylation is 2. The third kappa shape index (κ3) is 4.99. The van der Waals surface area contributed by atoms with Gasteiger partial charge in [-0.15, -0.1) is 0 Å². The lowest BCUT2D eigenvalue weighted by molar-refractivity contribution is -0.121. The molecule has 1 aliphatic heterocycles. The zero-order valence-corrected chi connectivity index (χ0v) is 17.9. The Morgan fingerprint density at radius 2 is 1.84 bits per heavy atom. The van der Waals surface area contributed by atoms with E-state index in [4.69, 9.17) is 18.7 Å². The van der Waals surface area contributed by atoms with E-state index in [0.29, 0.717) is 26.2 Å². The Hall–Kier alpha value is -3.48. The van der Waals surface area contributed by atoms with Crippen LogP contribution in [0.4, 0.5) is 0 Å². The summed E-state index contributed by atoms with van der Waals surface area (Å²) in [6, 6.07) is 13.1. The Morgan fingerprint density at radius 3 is 2.55 bits per heavy atom. The largest absolute Gasteiger partial charge is 0.489 e. The van der Waals surface area contributed by atoms with Crippen LogP contribution in [0.25, 0.3) is 0 Å². The van der Waals surface area contributed by atoms with Crippen LogP contribution >= 0.6 is 0 Å². The normalized spacial score (nSPS) is 13.5. The number of benzene rings is 2. The molecule has 31 heavy (non-hydrogen) atoms. The number of nitrogens with zero attached hydrogens (tertiary/aromatic N) is 1. The molecule has 1 N–H and O–H groups in total. The Balaban J connectivity index is 1.30. The van der Waals surface area contributed by atoms with Gasteiger partial charge in [0.1, 0.15) is 31.3 Å². The van der Waals surface area contributed by atoms with Gasteiger partial charge in [0.05, 0.1) is 23.7 Å². The van der Waals surface area contributed by atoms with Crippen LogP contribution < -0.4 is 19.5 Å². The fourth-order valence-corrected chi connectivity index (χ4v) is 3.46. The number of fused-ring (bicyclic) bond motifs is 1. The van der Waals surface area contributed by atoms with Gasteiger partial charge in [-0.05, 0) is 56.2 Å². The Bertz CT molecular complexity index is 1040. The van der Waals surface area contributed by atoms with E-state index in [0.717, 1.165) is 45.4 Å². The number of carbonyl (C=O) groups excluding carboxylic acids is 1. The monoisotopic (exact) mass is 422 g/mol. The predicted octanol–water partition coefficient (Wildman–Crippen LogP) is 4.06. The second-order valence-electron chi connectivity index (χ2n) is 7.60. The number of nitrogens with one attached hydrogen (secondary N) is 1. The number of carbonyl (C=O) groups is 1. The maximum absolute atomic E-state index is 12.5. The van der Waals surface area contributed by atoms with E-state index in [-0.39, 0.29) is 11.9 Å². The van der Waals surface area contributed by atoms with Crippen LogP contribution in [-0.2, 0) is 17.8 Å². The van der Waals surface area contributed by atoms with Crippen molar-refractivity contribution < 1.29 is 23.5 Å². The van der Waals surface area contributed by atoms with Crippen molar-refractivity contribution in [1.82, 2.24) is 10.5 Å². The van der Waals surface area contributed by atoms with Gasteiger partial charge in [-0.3, -0.25) is 4.79 Å². The van der Waals surface area contributed by atoms with Crippen molar-refractivity contribution in [3.63, 3.8) is 0 Å². The highest BCUT2D eigenvalue weighted by Gasteiger charge is 2.16. The number of rotatable bonds is 7. The first-order valence-corrected chi connectivity index (χ1v) is 10.3. The van der Waals surface area contributed by atoms with Crippen LogP contribution in [0.5, 0.6) is 17.2 Å². The summed E-state index contributed by atoms with van der Waals surface area (Å²) in [5.74, 6) is 2.90. The number of hydrogen-bond donors (Lipinski definition) is 1. The first-order valence-electron chi connectivity index (χ1n) is 10.3. The van der Waals surface area contributed by atoms with Gasteiger partial charge >= 0.3 is 0 Å². The molecule has 0 radical (unpaired) electrons. The Morgan fingerprint density at radius 1 is 1.10 bits per heavy atom. The zero-order chi connectivity index (χ0) is 21.8. The molecule has 0 spiro atoms. The molecule has 4 rings (SSSR count). The van der Waals surface area contributed by atoms with Crippen molar-refractivity contribution in [2.45, 2.75) is 39.8 Å². The van der Waals surface area contributed by atoms with Gasteiger partial charge in [0, 0.05) is 0 Å². The highest BCUT2D eigenvalue weighted by molar-refractivity contribution is 5.79. The van der Waals surface area contributed by atoms with Gasteiger partial charge in [0.2, 0.25) is 5.91 Å². The van der Waals surface area contributed by atoms with Gasteiger partial charge in [0.25, 0.3) is 0 Å². The van der Waals surface area contributed by atoms with E-state index in [1.54, 1.807) is 0 Å². The summed E-state index contributed by atoms with van der Waals surface area (Å²) >= 11 is 0. The van der Waals surface area contributed by atoms with Crippen molar-refractivity contribution in [2.24, 2.45) is 0 Å². The molecule has 0 bridgehead atoms. The zero-order valence-electron chi connectivity index (χ0n) is 17.9. The minimum absolute atomic E-state index is 0.0493. The summed E-state index contributed by atoms with van der Waals surface area (Å²) in [6.45, 7) is 7.20. The number of aromatic nitrogens is 1. The van der Waals surface area contributed by atoms with E-state index in [2.05, 4.69) is 10.5 Å². The van der Waals surface area contributed by atoms with Crippen LogP contribution in [0.3, 0.4) is 0 Å². The maximum Gasteiger partial charge on any atom is 0.224 e. The average molecular weight is 422 g/mol. The van der Waals surface area contributed by atoms with Crippen molar-refractivity contribution in [3.8, 4) is 17.2 Å². The molecule has 1 amide bonds. The molecule has 162 valence electrons. The van der Waals surface area contributed by atoms with E-state index in [1.165, 1.54) is 0 Å². The molecular formula is C24H26N2O5. The molecule has 1 aliphatic rings. The lowest BCUT2D eigenvalue weighted by atomic mass is 10.1. The quantitative estimate of drug-likeness (QED) is 0.618. The molecule has 1 atom stereocenters. The Labute approximate surface area is 181 Å². The van der Waals surface area contributed by atoms with E-state index in [9.17, 15) is 4.79 Å². The maximum atomic E-state index is 12.5. The molecule has 2 heterocycles. The number of hydrogen-bond acceptors (Lipinski definition) is 6. The van der Waals surface area contributed by atoms with Crippen molar-refractivity contribution in [1.29, 1.82) is 0 Å². The molecule has 7 heteroatoms. The number of ether oxygens (including phenoxy) is 3. The lowest BCUT2D eigenvalue weighted by Gasteiger charge is -2.21. The van der Waals surface area contributed by atoms with Gasteiger partial charge < -0.3 is 24.1 Å². The first kappa shape index (κ1) is 20.8. The summed E-state index contributed by atoms with van der Waals surface area (Å²) in [7, 11) is 0. The summed E-state index contributed by atoms with van der Waals surface area (Å²) in [5, 5.41) is 6.97. The van der Waals surface area contributed by atoms with Crippen LogP contribution in [0, 0.1) is 13.8 Å². The predicted molar refractivity (Wildman–Crippen MR) is 114 cm³/mol. The molecular weight excluding hydrogens is 396 g/mol. The summed E-state index contributed by atoms with van der Waals surface area (Å²) in [5.41, 5.74) is 3.67. The van der Waals surface area contributed by atoms with E-state index >= 15 is 0 Å². The van der Waals surface area contributed by atoms with Crippen molar-refractivity contribution in [3.05, 3.63) is 70.6 Å². The van der Waals surface area contributed by atoms with Gasteiger partial charge in [-0.1, -0.05) is 23.4 Å². The topological polar surface area (TPSA) is 82.8 Å². The standard InChI is InChI=1S/C24H26N2O5/c1-15(19-6-9-22-23(13-19)29-11-10-28-22)25-24(27)12-18-4-7-20(8-5-18)30-14-21-16(2)26-31-17(21)3/h4-9,13,15H,10-12,14H2,1-3H3,(H,25,27)/t15-/m0/s1. The summed E-state index contributed by atoms with van der Waals surface area (Å²) < 4.78 is 22.1. The van der Waals surface area contributed by atoms with Crippen molar-refractivity contribution >= 4 is 5.91 Å². The van der Waals surface area contributed by atoms with Gasteiger partial charge in [-0.2, -0.15) is 0 Å². The highest BCUT2D eigenvalue weighted by Crippen LogP contribution is 2.32. The molecule has 2 aromatic carbocycles. The molecule has 0 saturated heterocycles. The molecule has 0 unspecified atom stereocenters. The smallest absolute Gasteiger partial charge is 0.224 e. The Kier molecular flexibility index (Phi) is 6.11. The average Bonchev–Trinajstić information content (AvgIpc) is 3.10. The van der Waals surface area contributed by atoms with Gasteiger partial charge in [0.15, 0.2) is 11.5 Å². The van der Waals surface area contributed by atoms with E-state index in [1.807, 2.05) is 63.2 Å².